The largest absolute Gasteiger partial charge is 0.488 e. The van der Waals surface area contributed by atoms with Gasteiger partial charge < -0.3 is 20.1 Å². The van der Waals surface area contributed by atoms with Gasteiger partial charge >= 0.3 is 0 Å². The molecule has 28 heavy (non-hydrogen) atoms. The average Bonchev–Trinajstić information content (AvgIpc) is 3.00. The van der Waals surface area contributed by atoms with E-state index in [1.165, 1.54) is 0 Å². The van der Waals surface area contributed by atoms with Crippen LogP contribution < -0.4 is 20.1 Å². The van der Waals surface area contributed by atoms with Crippen molar-refractivity contribution in [3.63, 3.8) is 0 Å². The maximum Gasteiger partial charge on any atom is 0.251 e. The molecule has 0 atom stereocenters. The van der Waals surface area contributed by atoms with Crippen LogP contribution in [-0.2, 0) is 11.2 Å². The van der Waals surface area contributed by atoms with E-state index in [9.17, 15) is 9.59 Å². The van der Waals surface area contributed by atoms with Crippen LogP contribution in [0.2, 0.25) is 0 Å². The van der Waals surface area contributed by atoms with Crippen LogP contribution in [0.3, 0.4) is 0 Å². The first-order chi connectivity index (χ1) is 13.4. The molecule has 0 bridgehead atoms. The second-order valence-electron chi connectivity index (χ2n) is 7.35. The molecule has 2 aromatic carbocycles. The van der Waals surface area contributed by atoms with Crippen molar-refractivity contribution in [3.05, 3.63) is 59.7 Å². The lowest BCUT2D eigenvalue weighted by atomic mass is 10.0. The van der Waals surface area contributed by atoms with E-state index < -0.39 is 0 Å². The Labute approximate surface area is 165 Å². The van der Waals surface area contributed by atoms with Gasteiger partial charge in [0.1, 0.15) is 12.2 Å². The van der Waals surface area contributed by atoms with Crippen molar-refractivity contribution < 1.29 is 19.1 Å². The summed E-state index contributed by atoms with van der Waals surface area (Å²) in [5.74, 6) is 1.18. The monoisotopic (exact) mass is 382 g/mol. The first kappa shape index (κ1) is 19.7. The van der Waals surface area contributed by atoms with Crippen LogP contribution in [0.4, 0.5) is 0 Å². The number of para-hydroxylation sites is 1. The maximum absolute atomic E-state index is 11.9. The summed E-state index contributed by atoms with van der Waals surface area (Å²) in [5.41, 5.74) is 1.50. The van der Waals surface area contributed by atoms with Gasteiger partial charge in [-0.05, 0) is 32.0 Å². The highest BCUT2D eigenvalue weighted by molar-refractivity contribution is 5.94. The molecule has 6 heteroatoms. The zero-order chi connectivity index (χ0) is 20.0. The topological polar surface area (TPSA) is 76.7 Å². The minimum absolute atomic E-state index is 0.132. The SMILES string of the molecule is CC1(C)Cc2cccc(OCCNC(=O)CCNC(=O)c3ccccc3)c2O1. The molecule has 0 aliphatic carbocycles. The Morgan fingerprint density at radius 3 is 2.61 bits per heavy atom. The molecule has 1 aliphatic heterocycles. The van der Waals surface area contributed by atoms with Crippen LogP contribution in [-0.4, -0.2) is 37.1 Å². The second kappa shape index (κ2) is 8.78. The summed E-state index contributed by atoms with van der Waals surface area (Å²) in [6, 6.07) is 14.8. The molecule has 2 amide bonds. The minimum Gasteiger partial charge on any atom is -0.488 e. The van der Waals surface area contributed by atoms with Gasteiger partial charge in [-0.25, -0.2) is 0 Å². The van der Waals surface area contributed by atoms with E-state index in [-0.39, 0.29) is 30.4 Å². The van der Waals surface area contributed by atoms with Gasteiger partial charge in [0, 0.05) is 30.5 Å². The maximum atomic E-state index is 11.9. The van der Waals surface area contributed by atoms with E-state index in [4.69, 9.17) is 9.47 Å². The Morgan fingerprint density at radius 2 is 1.82 bits per heavy atom. The van der Waals surface area contributed by atoms with Gasteiger partial charge in [-0.3, -0.25) is 9.59 Å². The molecule has 2 N–H and O–H groups in total. The normalized spacial score (nSPS) is 13.9. The molecular weight excluding hydrogens is 356 g/mol. The third kappa shape index (κ3) is 5.25. The lowest BCUT2D eigenvalue weighted by Crippen LogP contribution is -2.32. The van der Waals surface area contributed by atoms with Gasteiger partial charge in [0.25, 0.3) is 5.91 Å². The van der Waals surface area contributed by atoms with Crippen molar-refractivity contribution in [2.45, 2.75) is 32.3 Å². The summed E-state index contributed by atoms with van der Waals surface area (Å²) in [6.45, 7) is 5.12. The number of nitrogens with one attached hydrogen (secondary N) is 2. The Hall–Kier alpha value is -3.02. The van der Waals surface area contributed by atoms with Crippen molar-refractivity contribution in [1.29, 1.82) is 0 Å². The molecular formula is C22H26N2O4. The molecule has 0 aromatic heterocycles. The van der Waals surface area contributed by atoms with Crippen LogP contribution in [0.5, 0.6) is 11.5 Å². The molecule has 0 spiro atoms. The fraction of sp³-hybridized carbons (Fsp3) is 0.364. The van der Waals surface area contributed by atoms with Crippen LogP contribution in [0.25, 0.3) is 0 Å². The standard InChI is InChI=1S/C22H26N2O4/c1-22(2)15-17-9-6-10-18(20(17)28-22)27-14-13-23-19(25)11-12-24-21(26)16-7-4-3-5-8-16/h3-10H,11-15H2,1-2H3,(H,23,25)(H,24,26). The predicted molar refractivity (Wildman–Crippen MR) is 107 cm³/mol. The van der Waals surface area contributed by atoms with Gasteiger partial charge in [-0.2, -0.15) is 0 Å². The fourth-order valence-corrected chi connectivity index (χ4v) is 3.12. The van der Waals surface area contributed by atoms with E-state index in [2.05, 4.69) is 10.6 Å². The van der Waals surface area contributed by atoms with E-state index >= 15 is 0 Å². The van der Waals surface area contributed by atoms with Crippen LogP contribution in [0, 0.1) is 0 Å². The lowest BCUT2D eigenvalue weighted by molar-refractivity contribution is -0.121. The molecule has 6 nitrogen and oxygen atoms in total. The van der Waals surface area contributed by atoms with E-state index in [1.807, 2.05) is 38.1 Å². The molecule has 0 radical (unpaired) electrons. The van der Waals surface area contributed by atoms with Crippen LogP contribution >= 0.6 is 0 Å². The highest BCUT2D eigenvalue weighted by atomic mass is 16.5. The zero-order valence-corrected chi connectivity index (χ0v) is 16.3. The molecule has 0 unspecified atom stereocenters. The number of rotatable bonds is 8. The third-order valence-electron chi connectivity index (χ3n) is 4.41. The number of ether oxygens (including phenoxy) is 2. The molecule has 3 rings (SSSR count). The van der Waals surface area contributed by atoms with E-state index in [0.29, 0.717) is 24.5 Å². The third-order valence-corrected chi connectivity index (χ3v) is 4.41. The molecule has 0 saturated heterocycles. The van der Waals surface area contributed by atoms with Crippen molar-refractivity contribution in [2.75, 3.05) is 19.7 Å². The number of benzene rings is 2. The summed E-state index contributed by atoms with van der Waals surface area (Å²) in [5, 5.41) is 5.53. The van der Waals surface area contributed by atoms with Gasteiger partial charge in [-0.15, -0.1) is 0 Å². The Kier molecular flexibility index (Phi) is 6.19. The molecule has 1 heterocycles. The number of carbonyl (C=O) groups excluding carboxylic acids is 2. The fourth-order valence-electron chi connectivity index (χ4n) is 3.12. The van der Waals surface area contributed by atoms with Crippen molar-refractivity contribution in [2.24, 2.45) is 0 Å². The quantitative estimate of drug-likeness (QED) is 0.689. The summed E-state index contributed by atoms with van der Waals surface area (Å²) >= 11 is 0. The van der Waals surface area contributed by atoms with Gasteiger partial charge in [0.15, 0.2) is 11.5 Å². The van der Waals surface area contributed by atoms with Crippen LogP contribution in [0.15, 0.2) is 48.5 Å². The summed E-state index contributed by atoms with van der Waals surface area (Å²) in [7, 11) is 0. The number of amides is 2. The van der Waals surface area contributed by atoms with Crippen molar-refractivity contribution in [3.8, 4) is 11.5 Å². The second-order valence-corrected chi connectivity index (χ2v) is 7.35. The summed E-state index contributed by atoms with van der Waals surface area (Å²) in [4.78, 5) is 23.8. The molecule has 148 valence electrons. The van der Waals surface area contributed by atoms with Crippen molar-refractivity contribution >= 4 is 11.8 Å². The predicted octanol–water partition coefficient (Wildman–Crippen LogP) is 2.72. The molecule has 0 saturated carbocycles. The number of fused-ring (bicyclic) bond motifs is 1. The Bertz CT molecular complexity index is 834. The number of hydrogen-bond donors (Lipinski definition) is 2. The highest BCUT2D eigenvalue weighted by Gasteiger charge is 2.32. The summed E-state index contributed by atoms with van der Waals surface area (Å²) in [6.07, 6.45) is 1.07. The van der Waals surface area contributed by atoms with E-state index in [0.717, 1.165) is 17.7 Å². The highest BCUT2D eigenvalue weighted by Crippen LogP contribution is 2.41. The minimum atomic E-state index is -0.222. The van der Waals surface area contributed by atoms with Crippen molar-refractivity contribution in [1.82, 2.24) is 10.6 Å². The molecule has 1 aliphatic rings. The van der Waals surface area contributed by atoms with Gasteiger partial charge in [-0.1, -0.05) is 30.3 Å². The van der Waals surface area contributed by atoms with E-state index in [1.54, 1.807) is 24.3 Å². The van der Waals surface area contributed by atoms with Gasteiger partial charge in [0.05, 0.1) is 6.54 Å². The smallest absolute Gasteiger partial charge is 0.251 e. The summed E-state index contributed by atoms with van der Waals surface area (Å²) < 4.78 is 11.7. The first-order valence-corrected chi connectivity index (χ1v) is 9.48. The number of carbonyl (C=O) groups is 2. The van der Waals surface area contributed by atoms with Crippen LogP contribution in [0.1, 0.15) is 36.2 Å². The number of hydrogen-bond acceptors (Lipinski definition) is 4. The molecule has 2 aromatic rings. The van der Waals surface area contributed by atoms with Gasteiger partial charge in [0.2, 0.25) is 5.91 Å². The Balaban J connectivity index is 1.35. The zero-order valence-electron chi connectivity index (χ0n) is 16.3. The Morgan fingerprint density at radius 1 is 1.04 bits per heavy atom. The lowest BCUT2D eigenvalue weighted by Gasteiger charge is -2.18. The first-order valence-electron chi connectivity index (χ1n) is 9.48. The average molecular weight is 382 g/mol. The molecule has 0 fully saturated rings.